The van der Waals surface area contributed by atoms with E-state index in [1.165, 1.54) is 4.90 Å². The van der Waals surface area contributed by atoms with Crippen LogP contribution in [0.15, 0.2) is 59.0 Å². The van der Waals surface area contributed by atoms with Gasteiger partial charge in [-0.05, 0) is 31.2 Å². The van der Waals surface area contributed by atoms with Gasteiger partial charge in [0.1, 0.15) is 11.5 Å². The van der Waals surface area contributed by atoms with Gasteiger partial charge in [0.15, 0.2) is 0 Å². The zero-order chi connectivity index (χ0) is 16.7. The maximum absolute atomic E-state index is 12.4. The molecule has 1 aliphatic rings. The number of hydrogen-bond acceptors (Lipinski definition) is 4. The van der Waals surface area contributed by atoms with E-state index in [0.717, 1.165) is 5.56 Å². The van der Waals surface area contributed by atoms with E-state index in [-0.39, 0.29) is 18.4 Å². The van der Waals surface area contributed by atoms with Crippen LogP contribution in [0.4, 0.5) is 0 Å². The van der Waals surface area contributed by atoms with Crippen molar-refractivity contribution in [2.24, 2.45) is 0 Å². The van der Waals surface area contributed by atoms with Gasteiger partial charge in [0, 0.05) is 5.56 Å². The first-order valence-electron chi connectivity index (χ1n) is 7.62. The molecule has 0 spiro atoms. The van der Waals surface area contributed by atoms with Crippen LogP contribution in [0, 0.1) is 6.92 Å². The van der Waals surface area contributed by atoms with E-state index >= 15 is 0 Å². The van der Waals surface area contributed by atoms with Crippen molar-refractivity contribution in [3.8, 4) is 11.5 Å². The Kier molecular flexibility index (Phi) is 3.27. The SMILES string of the molecule is Cc1oc(-c2ccccc2)nc1CN1C(=O)c2ccccc2C1=O. The Balaban J connectivity index is 1.64. The van der Waals surface area contributed by atoms with Crippen molar-refractivity contribution in [3.63, 3.8) is 0 Å². The van der Waals surface area contributed by atoms with Gasteiger partial charge >= 0.3 is 0 Å². The van der Waals surface area contributed by atoms with Crippen molar-refractivity contribution in [1.29, 1.82) is 0 Å². The summed E-state index contributed by atoms with van der Waals surface area (Å²) in [4.78, 5) is 30.6. The molecule has 3 aromatic rings. The van der Waals surface area contributed by atoms with Crippen LogP contribution in [0.1, 0.15) is 32.2 Å². The molecule has 5 heteroatoms. The molecule has 0 unspecified atom stereocenters. The summed E-state index contributed by atoms with van der Waals surface area (Å²) in [5.41, 5.74) is 2.32. The summed E-state index contributed by atoms with van der Waals surface area (Å²) in [7, 11) is 0. The summed E-state index contributed by atoms with van der Waals surface area (Å²) in [6.45, 7) is 1.89. The van der Waals surface area contributed by atoms with Gasteiger partial charge in [-0.25, -0.2) is 4.98 Å². The van der Waals surface area contributed by atoms with Crippen molar-refractivity contribution >= 4 is 11.8 Å². The fourth-order valence-corrected chi connectivity index (χ4v) is 2.81. The number of carbonyl (C=O) groups excluding carboxylic acids is 2. The number of hydrogen-bond donors (Lipinski definition) is 0. The molecule has 0 N–H and O–H groups in total. The highest BCUT2D eigenvalue weighted by Gasteiger charge is 2.36. The number of aromatic nitrogens is 1. The highest BCUT2D eigenvalue weighted by molar-refractivity contribution is 6.21. The Morgan fingerprint density at radius 2 is 1.50 bits per heavy atom. The first kappa shape index (κ1) is 14.4. The molecule has 0 bridgehead atoms. The lowest BCUT2D eigenvalue weighted by atomic mass is 10.1. The lowest BCUT2D eigenvalue weighted by Gasteiger charge is -2.11. The van der Waals surface area contributed by atoms with Gasteiger partial charge in [0.05, 0.1) is 17.7 Å². The second-order valence-corrected chi connectivity index (χ2v) is 5.63. The third-order valence-electron chi connectivity index (χ3n) is 4.10. The molecule has 0 aliphatic carbocycles. The van der Waals surface area contributed by atoms with Gasteiger partial charge in [0.25, 0.3) is 11.8 Å². The predicted octanol–water partition coefficient (Wildman–Crippen LogP) is 3.45. The summed E-state index contributed by atoms with van der Waals surface area (Å²) in [5, 5.41) is 0. The van der Waals surface area contributed by atoms with E-state index in [0.29, 0.717) is 28.5 Å². The second kappa shape index (κ2) is 5.45. The van der Waals surface area contributed by atoms with Crippen molar-refractivity contribution in [1.82, 2.24) is 9.88 Å². The van der Waals surface area contributed by atoms with Gasteiger partial charge in [-0.3, -0.25) is 14.5 Å². The van der Waals surface area contributed by atoms with Crippen LogP contribution in [-0.2, 0) is 6.54 Å². The number of aryl methyl sites for hydroxylation is 1. The fourth-order valence-electron chi connectivity index (χ4n) is 2.81. The Morgan fingerprint density at radius 1 is 0.917 bits per heavy atom. The molecule has 0 saturated heterocycles. The van der Waals surface area contributed by atoms with E-state index in [9.17, 15) is 9.59 Å². The van der Waals surface area contributed by atoms with Gasteiger partial charge in [-0.1, -0.05) is 30.3 Å². The molecule has 2 aromatic carbocycles. The normalized spacial score (nSPS) is 13.5. The number of benzene rings is 2. The first-order valence-corrected chi connectivity index (χ1v) is 7.62. The predicted molar refractivity (Wildman–Crippen MR) is 87.3 cm³/mol. The smallest absolute Gasteiger partial charge is 0.261 e. The molecular formula is C19H14N2O3. The van der Waals surface area contributed by atoms with Crippen LogP contribution in [0.25, 0.3) is 11.5 Å². The van der Waals surface area contributed by atoms with Gasteiger partial charge < -0.3 is 4.42 Å². The third kappa shape index (κ3) is 2.22. The fraction of sp³-hybridized carbons (Fsp3) is 0.105. The minimum absolute atomic E-state index is 0.106. The zero-order valence-corrected chi connectivity index (χ0v) is 13.0. The number of nitrogens with zero attached hydrogens (tertiary/aromatic N) is 2. The first-order chi connectivity index (χ1) is 11.6. The van der Waals surface area contributed by atoms with E-state index in [1.807, 2.05) is 30.3 Å². The van der Waals surface area contributed by atoms with Crippen molar-refractivity contribution in [2.45, 2.75) is 13.5 Å². The minimum Gasteiger partial charge on any atom is -0.441 e. The molecule has 4 rings (SSSR count). The average molecular weight is 318 g/mol. The monoisotopic (exact) mass is 318 g/mol. The standard InChI is InChI=1S/C19H14N2O3/c1-12-16(20-17(24-12)13-7-3-2-4-8-13)11-21-18(22)14-9-5-6-10-15(14)19(21)23/h2-10H,11H2,1H3. The lowest BCUT2D eigenvalue weighted by molar-refractivity contribution is 0.0640. The van der Waals surface area contributed by atoms with Crippen LogP contribution in [-0.4, -0.2) is 21.7 Å². The second-order valence-electron chi connectivity index (χ2n) is 5.63. The highest BCUT2D eigenvalue weighted by atomic mass is 16.4. The molecule has 2 heterocycles. The van der Waals surface area contributed by atoms with Crippen LogP contribution in [0.5, 0.6) is 0 Å². The molecule has 0 fully saturated rings. The Labute approximate surface area is 138 Å². The molecule has 0 radical (unpaired) electrons. The largest absolute Gasteiger partial charge is 0.441 e. The van der Waals surface area contributed by atoms with Crippen molar-refractivity contribution in [3.05, 3.63) is 77.2 Å². The number of amides is 2. The molecule has 5 nitrogen and oxygen atoms in total. The van der Waals surface area contributed by atoms with Gasteiger partial charge in [-0.2, -0.15) is 0 Å². The van der Waals surface area contributed by atoms with Crippen LogP contribution < -0.4 is 0 Å². The number of fused-ring (bicyclic) bond motifs is 1. The zero-order valence-electron chi connectivity index (χ0n) is 13.0. The molecule has 0 saturated carbocycles. The molecule has 1 aromatic heterocycles. The summed E-state index contributed by atoms with van der Waals surface area (Å²) >= 11 is 0. The number of imide groups is 1. The van der Waals surface area contributed by atoms with E-state index in [4.69, 9.17) is 4.42 Å². The third-order valence-corrected chi connectivity index (χ3v) is 4.10. The van der Waals surface area contributed by atoms with Crippen molar-refractivity contribution in [2.75, 3.05) is 0 Å². The maximum Gasteiger partial charge on any atom is 0.261 e. The molecule has 0 atom stereocenters. The van der Waals surface area contributed by atoms with Gasteiger partial charge in [0.2, 0.25) is 5.89 Å². The summed E-state index contributed by atoms with van der Waals surface area (Å²) in [6.07, 6.45) is 0. The van der Waals surface area contributed by atoms with E-state index < -0.39 is 0 Å². The maximum atomic E-state index is 12.4. The lowest BCUT2D eigenvalue weighted by Crippen LogP contribution is -2.29. The quantitative estimate of drug-likeness (QED) is 0.694. The van der Waals surface area contributed by atoms with Gasteiger partial charge in [-0.15, -0.1) is 0 Å². The van der Waals surface area contributed by atoms with Crippen LogP contribution in [0.3, 0.4) is 0 Å². The Bertz CT molecular complexity index is 909. The average Bonchev–Trinajstić information content (AvgIpc) is 3.10. The number of oxazole rings is 1. The highest BCUT2D eigenvalue weighted by Crippen LogP contribution is 2.27. The molecule has 2 amide bonds. The number of carbonyl (C=O) groups is 2. The van der Waals surface area contributed by atoms with E-state index in [1.54, 1.807) is 31.2 Å². The minimum atomic E-state index is -0.292. The summed E-state index contributed by atoms with van der Waals surface area (Å²) in [5.74, 6) is 0.503. The van der Waals surface area contributed by atoms with E-state index in [2.05, 4.69) is 4.98 Å². The molecule has 24 heavy (non-hydrogen) atoms. The van der Waals surface area contributed by atoms with Crippen LogP contribution >= 0.6 is 0 Å². The summed E-state index contributed by atoms with van der Waals surface area (Å²) in [6, 6.07) is 16.4. The molecule has 118 valence electrons. The molecular weight excluding hydrogens is 304 g/mol. The Hall–Kier alpha value is -3.21. The van der Waals surface area contributed by atoms with Crippen molar-refractivity contribution < 1.29 is 14.0 Å². The topological polar surface area (TPSA) is 63.4 Å². The number of rotatable bonds is 3. The molecule has 1 aliphatic heterocycles. The summed E-state index contributed by atoms with van der Waals surface area (Å²) < 4.78 is 5.70. The Morgan fingerprint density at radius 3 is 2.12 bits per heavy atom. The van der Waals surface area contributed by atoms with Crippen LogP contribution in [0.2, 0.25) is 0 Å².